The summed E-state index contributed by atoms with van der Waals surface area (Å²) in [6.07, 6.45) is 8.80. The largest absolute Gasteiger partial charge is 0.481 e. The maximum atomic E-state index is 13.4. The molecule has 186 valence electrons. The second-order valence-corrected chi connectivity index (χ2v) is 12.2. The van der Waals surface area contributed by atoms with Crippen LogP contribution in [0.2, 0.25) is 0 Å². The van der Waals surface area contributed by atoms with Crippen molar-refractivity contribution in [2.24, 2.45) is 23.7 Å². The maximum Gasteiger partial charge on any atom is 0.306 e. The van der Waals surface area contributed by atoms with Crippen LogP contribution in [0.3, 0.4) is 0 Å². The number of carboxylic acid groups (broad SMARTS) is 1. The van der Waals surface area contributed by atoms with E-state index in [0.717, 1.165) is 68.0 Å². The van der Waals surface area contributed by atoms with Gasteiger partial charge in [0.15, 0.2) is 0 Å². The van der Waals surface area contributed by atoms with Gasteiger partial charge in [0.1, 0.15) is 10.8 Å². The van der Waals surface area contributed by atoms with E-state index in [-0.39, 0.29) is 23.9 Å². The average Bonchev–Trinajstić information content (AvgIpc) is 2.79. The zero-order valence-electron chi connectivity index (χ0n) is 20.0. The third-order valence-corrected chi connectivity index (χ3v) is 9.71. The summed E-state index contributed by atoms with van der Waals surface area (Å²) in [6, 6.07) is 4.13. The van der Waals surface area contributed by atoms with Crippen LogP contribution in [0.5, 0.6) is 0 Å². The van der Waals surface area contributed by atoms with Gasteiger partial charge in [-0.3, -0.25) is 9.59 Å². The number of anilines is 1. The predicted molar refractivity (Wildman–Crippen MR) is 132 cm³/mol. The van der Waals surface area contributed by atoms with E-state index >= 15 is 0 Å². The Hall–Kier alpha value is -1.80. The van der Waals surface area contributed by atoms with Crippen LogP contribution in [-0.2, 0) is 4.79 Å². The molecule has 0 aliphatic heterocycles. The summed E-state index contributed by atoms with van der Waals surface area (Å²) in [5.41, 5.74) is 0.129. The normalized spacial score (nSPS) is 36.3. The molecular weight excluding hydrogens is 450 g/mol. The Morgan fingerprint density at radius 1 is 1.12 bits per heavy atom. The minimum absolute atomic E-state index is 0.0518. The lowest BCUT2D eigenvalue weighted by molar-refractivity contribution is -0.142. The number of carbonyl (C=O) groups is 2. The van der Waals surface area contributed by atoms with Gasteiger partial charge < -0.3 is 20.8 Å². The maximum absolute atomic E-state index is 13.4. The van der Waals surface area contributed by atoms with Crippen molar-refractivity contribution in [3.63, 3.8) is 0 Å². The topological polar surface area (TPSA) is 112 Å². The zero-order chi connectivity index (χ0) is 23.9. The molecule has 2 atom stereocenters. The van der Waals surface area contributed by atoms with Gasteiger partial charge in [-0.2, -0.15) is 0 Å². The Morgan fingerprint density at radius 3 is 2.44 bits per heavy atom. The quantitative estimate of drug-likeness (QED) is 0.404. The molecule has 34 heavy (non-hydrogen) atoms. The molecule has 6 rings (SSSR count). The summed E-state index contributed by atoms with van der Waals surface area (Å²) in [4.78, 5) is 29.4. The fraction of sp³-hybridized carbons (Fsp3) is 0.731. The van der Waals surface area contributed by atoms with Crippen molar-refractivity contribution in [3.8, 4) is 0 Å². The number of thioether (sulfide) groups is 1. The van der Waals surface area contributed by atoms with Crippen LogP contribution in [0.15, 0.2) is 17.2 Å². The summed E-state index contributed by atoms with van der Waals surface area (Å²) < 4.78 is 0. The molecule has 4 bridgehead atoms. The SMILES string of the molecule is CCCSc1nc(N[C@H]2CC[C@H](C(=O)O)CC2)ccc1C(=O)N[C@H]1C2CC3CC1C[C@](O)(C3)C2. The smallest absolute Gasteiger partial charge is 0.306 e. The third-order valence-electron chi connectivity index (χ3n) is 8.51. The number of amides is 1. The van der Waals surface area contributed by atoms with Gasteiger partial charge in [0.05, 0.1) is 17.1 Å². The monoisotopic (exact) mass is 487 g/mol. The van der Waals surface area contributed by atoms with Gasteiger partial charge >= 0.3 is 5.97 Å². The lowest BCUT2D eigenvalue weighted by Crippen LogP contribution is -2.61. The minimum atomic E-state index is -0.696. The summed E-state index contributed by atoms with van der Waals surface area (Å²) in [5, 5.41) is 27.7. The van der Waals surface area contributed by atoms with E-state index in [1.54, 1.807) is 11.8 Å². The summed E-state index contributed by atoms with van der Waals surface area (Å²) in [7, 11) is 0. The number of pyridine rings is 1. The molecule has 1 aromatic heterocycles. The van der Waals surface area contributed by atoms with Gasteiger partial charge in [-0.15, -0.1) is 11.8 Å². The molecule has 1 aromatic rings. The van der Waals surface area contributed by atoms with Crippen LogP contribution >= 0.6 is 11.8 Å². The van der Waals surface area contributed by atoms with Crippen molar-refractivity contribution in [2.45, 2.75) is 93.8 Å². The number of nitrogens with zero attached hydrogens (tertiary/aromatic N) is 1. The predicted octanol–water partition coefficient (Wildman–Crippen LogP) is 4.31. The first-order valence-corrected chi connectivity index (χ1v) is 14.0. The van der Waals surface area contributed by atoms with E-state index in [1.165, 1.54) is 0 Å². The van der Waals surface area contributed by atoms with Gasteiger partial charge in [0, 0.05) is 12.1 Å². The second kappa shape index (κ2) is 9.69. The Balaban J connectivity index is 1.26. The van der Waals surface area contributed by atoms with Crippen LogP contribution in [-0.4, -0.2) is 50.5 Å². The molecule has 0 spiro atoms. The van der Waals surface area contributed by atoms with Gasteiger partial charge in [0.2, 0.25) is 0 Å². The minimum Gasteiger partial charge on any atom is -0.481 e. The van der Waals surface area contributed by atoms with E-state index < -0.39 is 11.6 Å². The van der Waals surface area contributed by atoms with E-state index in [1.807, 2.05) is 12.1 Å². The summed E-state index contributed by atoms with van der Waals surface area (Å²) in [6.45, 7) is 2.12. The van der Waals surface area contributed by atoms with Crippen molar-refractivity contribution in [2.75, 3.05) is 11.1 Å². The fourth-order valence-corrected chi connectivity index (χ4v) is 8.02. The molecular formula is C26H37N3O4S. The second-order valence-electron chi connectivity index (χ2n) is 11.1. The number of aliphatic hydroxyl groups is 1. The Bertz CT molecular complexity index is 917. The van der Waals surface area contributed by atoms with Crippen LogP contribution in [0.1, 0.15) is 81.5 Å². The molecule has 1 amide bonds. The van der Waals surface area contributed by atoms with Gasteiger partial charge in [0.25, 0.3) is 5.91 Å². The molecule has 5 aliphatic rings. The molecule has 0 aromatic carbocycles. The molecule has 7 nitrogen and oxygen atoms in total. The van der Waals surface area contributed by atoms with Gasteiger partial charge in [-0.25, -0.2) is 4.98 Å². The molecule has 0 radical (unpaired) electrons. The number of aliphatic carboxylic acids is 1. The highest BCUT2D eigenvalue weighted by Crippen LogP contribution is 2.55. The van der Waals surface area contributed by atoms with E-state index in [2.05, 4.69) is 17.6 Å². The van der Waals surface area contributed by atoms with Crippen molar-refractivity contribution >= 4 is 29.5 Å². The number of hydrogen-bond acceptors (Lipinski definition) is 6. The van der Waals surface area contributed by atoms with Gasteiger partial charge in [-0.05, 0) is 99.8 Å². The molecule has 0 saturated heterocycles. The lowest BCUT2D eigenvalue weighted by atomic mass is 9.52. The molecule has 5 fully saturated rings. The van der Waals surface area contributed by atoms with Crippen LogP contribution in [0.4, 0.5) is 5.82 Å². The Morgan fingerprint density at radius 2 is 1.82 bits per heavy atom. The number of carboxylic acids is 1. The Kier molecular flexibility index (Phi) is 6.81. The molecule has 4 N–H and O–H groups in total. The van der Waals surface area contributed by atoms with E-state index in [0.29, 0.717) is 36.2 Å². The van der Waals surface area contributed by atoms with E-state index in [4.69, 9.17) is 4.98 Å². The van der Waals surface area contributed by atoms with Crippen molar-refractivity contribution in [1.82, 2.24) is 10.3 Å². The first kappa shape index (κ1) is 23.9. The summed E-state index contributed by atoms with van der Waals surface area (Å²) in [5.74, 6) is 2.03. The molecule has 2 unspecified atom stereocenters. The van der Waals surface area contributed by atoms with Crippen molar-refractivity contribution in [1.29, 1.82) is 0 Å². The number of nitrogens with one attached hydrogen (secondary N) is 2. The standard InChI is InChI=1S/C26H37N3O4S/c1-2-9-34-24-20(7-8-21(28-24)27-19-5-3-16(4-6-19)25(31)32)23(30)29-22-17-10-15-11-18(22)14-26(33,12-15)13-17/h7-8,15-19,22,33H,2-6,9-14H2,1H3,(H,27,28)(H,29,30)(H,31,32)/t15?,16-,17?,18?,19-,22-,26-. The van der Waals surface area contributed by atoms with Crippen LogP contribution in [0.25, 0.3) is 0 Å². The Labute approximate surface area is 205 Å². The molecule has 5 saturated carbocycles. The van der Waals surface area contributed by atoms with Crippen molar-refractivity contribution < 1.29 is 19.8 Å². The fourth-order valence-electron chi connectivity index (χ4n) is 7.14. The van der Waals surface area contributed by atoms with Crippen LogP contribution in [0, 0.1) is 23.7 Å². The number of rotatable bonds is 8. The summed E-state index contributed by atoms with van der Waals surface area (Å²) >= 11 is 1.62. The van der Waals surface area contributed by atoms with E-state index in [9.17, 15) is 19.8 Å². The number of aromatic nitrogens is 1. The first-order valence-electron chi connectivity index (χ1n) is 13.0. The highest BCUT2D eigenvalue weighted by Gasteiger charge is 2.55. The molecule has 1 heterocycles. The number of carbonyl (C=O) groups excluding carboxylic acids is 1. The highest BCUT2D eigenvalue weighted by atomic mass is 32.2. The highest BCUT2D eigenvalue weighted by molar-refractivity contribution is 7.99. The van der Waals surface area contributed by atoms with Crippen molar-refractivity contribution in [3.05, 3.63) is 17.7 Å². The average molecular weight is 488 g/mol. The van der Waals surface area contributed by atoms with Gasteiger partial charge in [-0.1, -0.05) is 6.92 Å². The lowest BCUT2D eigenvalue weighted by Gasteiger charge is -2.58. The third kappa shape index (κ3) is 4.94. The van der Waals surface area contributed by atoms with Crippen LogP contribution < -0.4 is 10.6 Å². The zero-order valence-corrected chi connectivity index (χ0v) is 20.8. The first-order chi connectivity index (χ1) is 16.3. The molecule has 8 heteroatoms. The molecule has 5 aliphatic carbocycles. The number of hydrogen-bond donors (Lipinski definition) is 4.